The molecule has 0 fully saturated rings. The van der Waals surface area contributed by atoms with Crippen molar-refractivity contribution < 1.29 is 4.42 Å². The van der Waals surface area contributed by atoms with Gasteiger partial charge in [0.05, 0.1) is 12.0 Å². The van der Waals surface area contributed by atoms with Crippen LogP contribution >= 0.6 is 11.3 Å². The number of nitrogens with two attached hydrogens (primary N) is 1. The summed E-state index contributed by atoms with van der Waals surface area (Å²) in [5.41, 5.74) is 6.65. The monoisotopic (exact) mass is 208 g/mol. The van der Waals surface area contributed by atoms with Crippen molar-refractivity contribution in [3.8, 4) is 0 Å². The van der Waals surface area contributed by atoms with Gasteiger partial charge in [0.2, 0.25) is 0 Å². The third-order valence-electron chi connectivity index (χ3n) is 2.09. The molecule has 4 heteroatoms. The molecular formula is C10H12N2OS. The lowest BCUT2D eigenvalue weighted by molar-refractivity contribution is 0.509. The summed E-state index contributed by atoms with van der Waals surface area (Å²) in [6.45, 7) is 1.99. The Bertz CT molecular complexity index is 406. The van der Waals surface area contributed by atoms with E-state index in [9.17, 15) is 0 Å². The molecule has 0 aliphatic heterocycles. The van der Waals surface area contributed by atoms with Crippen molar-refractivity contribution in [3.63, 3.8) is 0 Å². The molecule has 0 spiro atoms. The molecule has 2 heterocycles. The molecule has 0 atom stereocenters. The first-order valence-electron chi connectivity index (χ1n) is 4.50. The number of rotatable bonds is 3. The van der Waals surface area contributed by atoms with E-state index in [2.05, 4.69) is 4.98 Å². The minimum atomic E-state index is 0.650. The molecule has 0 bridgehead atoms. The van der Waals surface area contributed by atoms with E-state index in [1.165, 1.54) is 4.88 Å². The fraction of sp³-hybridized carbons (Fsp3) is 0.300. The number of aryl methyl sites for hydroxylation is 3. The van der Waals surface area contributed by atoms with Gasteiger partial charge in [-0.05, 0) is 25.5 Å². The highest BCUT2D eigenvalue weighted by molar-refractivity contribution is 7.15. The topological polar surface area (TPSA) is 52.0 Å². The van der Waals surface area contributed by atoms with Crippen LogP contribution in [0.2, 0.25) is 0 Å². The van der Waals surface area contributed by atoms with E-state index in [0.29, 0.717) is 5.13 Å². The zero-order valence-corrected chi connectivity index (χ0v) is 8.80. The molecule has 0 aliphatic rings. The molecule has 3 nitrogen and oxygen atoms in total. The van der Waals surface area contributed by atoms with E-state index in [-0.39, 0.29) is 0 Å². The van der Waals surface area contributed by atoms with E-state index >= 15 is 0 Å². The standard InChI is InChI=1S/C10H12N2OS/c1-7-9(14-10(11)12-7)5-4-8-3-2-6-13-8/h2-3,6H,4-5H2,1H3,(H2,11,12). The Morgan fingerprint density at radius 3 is 2.93 bits per heavy atom. The third-order valence-corrected chi connectivity index (χ3v) is 3.13. The van der Waals surface area contributed by atoms with Crippen molar-refractivity contribution in [2.45, 2.75) is 19.8 Å². The van der Waals surface area contributed by atoms with Gasteiger partial charge in [-0.25, -0.2) is 4.98 Å². The predicted molar refractivity (Wildman–Crippen MR) is 57.4 cm³/mol. The van der Waals surface area contributed by atoms with E-state index in [1.54, 1.807) is 17.6 Å². The molecule has 0 amide bonds. The number of anilines is 1. The minimum absolute atomic E-state index is 0.650. The number of furan rings is 1. The van der Waals surface area contributed by atoms with Crippen molar-refractivity contribution in [2.75, 3.05) is 5.73 Å². The Hall–Kier alpha value is -1.29. The van der Waals surface area contributed by atoms with Crippen molar-refractivity contribution in [2.24, 2.45) is 0 Å². The first-order chi connectivity index (χ1) is 6.75. The lowest BCUT2D eigenvalue weighted by Gasteiger charge is -1.95. The van der Waals surface area contributed by atoms with E-state index in [4.69, 9.17) is 10.2 Å². The van der Waals surface area contributed by atoms with Crippen LogP contribution in [0.3, 0.4) is 0 Å². The Balaban J connectivity index is 2.01. The fourth-order valence-electron chi connectivity index (χ4n) is 1.37. The van der Waals surface area contributed by atoms with Gasteiger partial charge in [-0.3, -0.25) is 0 Å². The Morgan fingerprint density at radius 1 is 1.50 bits per heavy atom. The maximum atomic E-state index is 5.61. The van der Waals surface area contributed by atoms with Crippen molar-refractivity contribution in [3.05, 3.63) is 34.7 Å². The molecule has 2 aromatic heterocycles. The van der Waals surface area contributed by atoms with Gasteiger partial charge in [0.25, 0.3) is 0 Å². The zero-order valence-electron chi connectivity index (χ0n) is 7.99. The van der Waals surface area contributed by atoms with Crippen LogP contribution < -0.4 is 5.73 Å². The molecule has 2 rings (SSSR count). The van der Waals surface area contributed by atoms with Gasteiger partial charge in [-0.15, -0.1) is 11.3 Å². The van der Waals surface area contributed by atoms with Crippen LogP contribution in [-0.4, -0.2) is 4.98 Å². The SMILES string of the molecule is Cc1nc(N)sc1CCc1ccco1. The normalized spacial score (nSPS) is 10.6. The molecule has 74 valence electrons. The Labute approximate surface area is 86.6 Å². The van der Waals surface area contributed by atoms with Crippen LogP contribution in [0.15, 0.2) is 22.8 Å². The van der Waals surface area contributed by atoms with Crippen LogP contribution in [0.25, 0.3) is 0 Å². The van der Waals surface area contributed by atoms with Crippen LogP contribution in [0.4, 0.5) is 5.13 Å². The van der Waals surface area contributed by atoms with Crippen molar-refractivity contribution in [1.29, 1.82) is 0 Å². The maximum Gasteiger partial charge on any atom is 0.180 e. The highest BCUT2D eigenvalue weighted by Gasteiger charge is 2.06. The number of hydrogen-bond donors (Lipinski definition) is 1. The van der Waals surface area contributed by atoms with Gasteiger partial charge in [-0.2, -0.15) is 0 Å². The molecule has 0 radical (unpaired) electrons. The zero-order chi connectivity index (χ0) is 9.97. The molecule has 0 aliphatic carbocycles. The second kappa shape index (κ2) is 3.84. The van der Waals surface area contributed by atoms with E-state index in [0.717, 1.165) is 24.3 Å². The lowest BCUT2D eigenvalue weighted by Crippen LogP contribution is -1.88. The van der Waals surface area contributed by atoms with E-state index < -0.39 is 0 Å². The summed E-state index contributed by atoms with van der Waals surface area (Å²) in [7, 11) is 0. The summed E-state index contributed by atoms with van der Waals surface area (Å²) in [4.78, 5) is 5.43. The number of nitrogen functional groups attached to an aromatic ring is 1. The molecule has 0 saturated carbocycles. The van der Waals surface area contributed by atoms with Gasteiger partial charge in [0, 0.05) is 11.3 Å². The number of nitrogens with zero attached hydrogens (tertiary/aromatic N) is 1. The van der Waals surface area contributed by atoms with Crippen LogP contribution in [0.1, 0.15) is 16.3 Å². The quantitative estimate of drug-likeness (QED) is 0.842. The summed E-state index contributed by atoms with van der Waals surface area (Å²) >= 11 is 1.56. The first-order valence-corrected chi connectivity index (χ1v) is 5.31. The fourth-order valence-corrected chi connectivity index (χ4v) is 2.21. The Kier molecular flexibility index (Phi) is 2.54. The van der Waals surface area contributed by atoms with Crippen LogP contribution in [0, 0.1) is 6.92 Å². The molecule has 0 aromatic carbocycles. The molecular weight excluding hydrogens is 196 g/mol. The predicted octanol–water partition coefficient (Wildman–Crippen LogP) is 2.41. The molecule has 2 N–H and O–H groups in total. The average Bonchev–Trinajstić information content (AvgIpc) is 2.72. The van der Waals surface area contributed by atoms with Gasteiger partial charge in [0.1, 0.15) is 5.76 Å². The lowest BCUT2D eigenvalue weighted by atomic mass is 10.2. The highest BCUT2D eigenvalue weighted by atomic mass is 32.1. The average molecular weight is 208 g/mol. The smallest absolute Gasteiger partial charge is 0.180 e. The maximum absolute atomic E-state index is 5.61. The van der Waals surface area contributed by atoms with Gasteiger partial charge < -0.3 is 10.2 Å². The van der Waals surface area contributed by atoms with Crippen molar-refractivity contribution in [1.82, 2.24) is 4.98 Å². The minimum Gasteiger partial charge on any atom is -0.469 e. The summed E-state index contributed by atoms with van der Waals surface area (Å²) in [6.07, 6.45) is 3.56. The molecule has 0 saturated heterocycles. The second-order valence-electron chi connectivity index (χ2n) is 3.14. The first kappa shape index (κ1) is 9.27. The van der Waals surface area contributed by atoms with Gasteiger partial charge in [-0.1, -0.05) is 0 Å². The largest absolute Gasteiger partial charge is 0.469 e. The van der Waals surface area contributed by atoms with Crippen molar-refractivity contribution >= 4 is 16.5 Å². The van der Waals surface area contributed by atoms with E-state index in [1.807, 2.05) is 19.1 Å². The summed E-state index contributed by atoms with van der Waals surface area (Å²) < 4.78 is 5.25. The summed E-state index contributed by atoms with van der Waals surface area (Å²) in [6, 6.07) is 3.89. The number of thiazole rings is 1. The van der Waals surface area contributed by atoms with Gasteiger partial charge in [0.15, 0.2) is 5.13 Å². The second-order valence-corrected chi connectivity index (χ2v) is 4.26. The summed E-state index contributed by atoms with van der Waals surface area (Å²) in [5, 5.41) is 0.650. The number of hydrogen-bond acceptors (Lipinski definition) is 4. The molecule has 0 unspecified atom stereocenters. The number of aromatic nitrogens is 1. The third kappa shape index (κ3) is 1.96. The Morgan fingerprint density at radius 2 is 2.36 bits per heavy atom. The van der Waals surface area contributed by atoms with Crippen LogP contribution in [0.5, 0.6) is 0 Å². The molecule has 2 aromatic rings. The van der Waals surface area contributed by atoms with Crippen LogP contribution in [-0.2, 0) is 12.8 Å². The van der Waals surface area contributed by atoms with Gasteiger partial charge >= 0.3 is 0 Å². The summed E-state index contributed by atoms with van der Waals surface area (Å²) in [5.74, 6) is 1.01. The molecule has 14 heavy (non-hydrogen) atoms. The highest BCUT2D eigenvalue weighted by Crippen LogP contribution is 2.21.